The zero-order valence-electron chi connectivity index (χ0n) is 4.79. The van der Waals surface area contributed by atoms with E-state index in [2.05, 4.69) is 0 Å². The minimum Gasteiger partial charge on any atom is -0.110 e. The molecule has 0 aromatic carbocycles. The summed E-state index contributed by atoms with van der Waals surface area (Å²) in [6.07, 6.45) is 0. The van der Waals surface area contributed by atoms with Gasteiger partial charge < -0.3 is 0 Å². The number of alkyl halides is 4. The minimum atomic E-state index is -0.273. The Morgan fingerprint density at radius 2 is 1.22 bits per heavy atom. The van der Waals surface area contributed by atoms with Crippen LogP contribution in [0.3, 0.4) is 0 Å². The zero-order chi connectivity index (χ0) is 7.28. The molecule has 0 aliphatic rings. The van der Waals surface area contributed by atoms with Gasteiger partial charge in [-0.2, -0.15) is 0 Å². The van der Waals surface area contributed by atoms with Gasteiger partial charge in [0.1, 0.15) is 0 Å². The largest absolute Gasteiger partial charge is 0.110 e. The molecule has 0 saturated carbocycles. The van der Waals surface area contributed by atoms with Crippen molar-refractivity contribution in [3.05, 3.63) is 0 Å². The Balaban J connectivity index is 2.91. The number of hydrogen-bond acceptors (Lipinski definition) is 0. The van der Waals surface area contributed by atoms with Gasteiger partial charge >= 0.3 is 0 Å². The second-order valence-corrected chi connectivity index (χ2v) is 12.0. The molecule has 0 spiro atoms. The molecule has 0 saturated heterocycles. The fraction of sp³-hybridized carbons (Fsp3) is 1.00. The molecule has 0 nitrogen and oxygen atoms in total. The second kappa shape index (κ2) is 6.31. The van der Waals surface area contributed by atoms with Crippen LogP contribution in [-0.4, -0.2) is 28.0 Å². The van der Waals surface area contributed by atoms with Crippen molar-refractivity contribution in [3.63, 3.8) is 0 Å². The first-order valence-electron chi connectivity index (χ1n) is 2.69. The normalized spacial score (nSPS) is 14.0. The lowest BCUT2D eigenvalue weighted by Crippen LogP contribution is -2.10. The van der Waals surface area contributed by atoms with Gasteiger partial charge in [0.15, 0.2) is 0 Å². The molecule has 0 radical (unpaired) electrons. The molecule has 0 N–H and O–H groups in total. The first kappa shape index (κ1) is 10.6. The molecule has 0 atom stereocenters. The number of rotatable bonds is 4. The predicted octanol–water partition coefficient (Wildman–Crippen LogP) is 1.22. The highest BCUT2D eigenvalue weighted by atomic mass is 35.5. The van der Waals surface area contributed by atoms with Crippen molar-refractivity contribution in [2.45, 2.75) is 14.6 Å². The van der Waals surface area contributed by atoms with Crippen LogP contribution < -0.4 is 0 Å². The summed E-state index contributed by atoms with van der Waals surface area (Å²) in [7, 11) is -0.546. The smallest absolute Gasteiger partial charge is 0.0905 e. The lowest BCUT2D eigenvalue weighted by atomic mass is 11.8. The van der Waals surface area contributed by atoms with E-state index >= 15 is 0 Å². The Labute approximate surface area is 79.8 Å². The topological polar surface area (TPSA) is 0 Å². The van der Waals surface area contributed by atoms with E-state index in [1.165, 1.54) is 0 Å². The van der Waals surface area contributed by atoms with E-state index in [0.29, 0.717) is 0 Å². The Hall–Kier alpha value is 1.59. The summed E-state index contributed by atoms with van der Waals surface area (Å²) in [6, 6.07) is 0. The highest BCUT2D eigenvalue weighted by Crippen LogP contribution is 2.04. The van der Waals surface area contributed by atoms with Gasteiger partial charge in [0.25, 0.3) is 0 Å². The minimum absolute atomic E-state index is 0.107. The van der Waals surface area contributed by atoms with Gasteiger partial charge in [0.2, 0.25) is 0 Å². The van der Waals surface area contributed by atoms with Crippen molar-refractivity contribution in [1.29, 1.82) is 0 Å². The van der Waals surface area contributed by atoms with Crippen molar-refractivity contribution in [2.75, 3.05) is 0 Å². The van der Waals surface area contributed by atoms with Crippen LogP contribution in [-0.2, 0) is 0 Å². The number of halogens is 4. The maximum absolute atomic E-state index is 5.52. The average molecular weight is 242 g/mol. The molecular formula is C3H8Cl4Si2. The SMILES string of the molecule is ClC(Cl)[SiH2]C[SiH2]C(Cl)Cl. The van der Waals surface area contributed by atoms with Crippen LogP contribution in [0.4, 0.5) is 0 Å². The molecule has 0 aliphatic carbocycles. The van der Waals surface area contributed by atoms with E-state index < -0.39 is 0 Å². The second-order valence-electron chi connectivity index (χ2n) is 1.71. The van der Waals surface area contributed by atoms with E-state index in [0.717, 1.165) is 5.67 Å². The van der Waals surface area contributed by atoms with Gasteiger partial charge in [0.05, 0.1) is 28.0 Å². The van der Waals surface area contributed by atoms with E-state index in [-0.39, 0.29) is 28.0 Å². The van der Waals surface area contributed by atoms with Crippen LogP contribution in [0.25, 0.3) is 0 Å². The monoisotopic (exact) mass is 240 g/mol. The van der Waals surface area contributed by atoms with Gasteiger partial charge in [0, 0.05) is 0 Å². The molecule has 0 unspecified atom stereocenters. The third-order valence-electron chi connectivity index (χ3n) is 0.845. The third kappa shape index (κ3) is 9.59. The highest BCUT2D eigenvalue weighted by molar-refractivity contribution is 6.78. The van der Waals surface area contributed by atoms with Crippen LogP contribution in [0.15, 0.2) is 0 Å². The van der Waals surface area contributed by atoms with E-state index in [1.807, 2.05) is 0 Å². The first-order chi connectivity index (χ1) is 4.13. The Morgan fingerprint density at radius 3 is 1.44 bits per heavy atom. The maximum atomic E-state index is 5.52. The molecule has 0 heterocycles. The van der Waals surface area contributed by atoms with E-state index in [4.69, 9.17) is 46.4 Å². The summed E-state index contributed by atoms with van der Waals surface area (Å²) in [6.45, 7) is 0. The summed E-state index contributed by atoms with van der Waals surface area (Å²) in [4.78, 5) is 0. The first-order valence-corrected chi connectivity index (χ1v) is 8.07. The summed E-state index contributed by atoms with van der Waals surface area (Å²) >= 11 is 22.1. The third-order valence-corrected chi connectivity index (χ3v) is 7.60. The van der Waals surface area contributed by atoms with Crippen molar-refractivity contribution in [2.24, 2.45) is 0 Å². The molecule has 0 aromatic rings. The average Bonchev–Trinajstić information content (AvgIpc) is 1.63. The highest BCUT2D eigenvalue weighted by Gasteiger charge is 2.03. The molecule has 56 valence electrons. The fourth-order valence-corrected chi connectivity index (χ4v) is 9.39. The predicted molar refractivity (Wildman–Crippen MR) is 52.9 cm³/mol. The maximum Gasteiger partial charge on any atom is 0.0905 e. The zero-order valence-corrected chi connectivity index (χ0v) is 10.6. The summed E-state index contributed by atoms with van der Waals surface area (Å²) in [5.74, 6) is 0. The molecule has 0 aliphatic heterocycles. The van der Waals surface area contributed by atoms with Gasteiger partial charge in [-0.3, -0.25) is 0 Å². The summed E-state index contributed by atoms with van der Waals surface area (Å²) < 4.78 is -0.214. The van der Waals surface area contributed by atoms with Crippen LogP contribution in [0, 0.1) is 0 Å². The lowest BCUT2D eigenvalue weighted by molar-refractivity contribution is 1.73. The molecule has 0 bridgehead atoms. The molecule has 0 aromatic heterocycles. The molecule has 6 heteroatoms. The molecule has 0 amide bonds. The van der Waals surface area contributed by atoms with Gasteiger partial charge in [-0.25, -0.2) is 0 Å². The van der Waals surface area contributed by atoms with Crippen LogP contribution >= 0.6 is 46.4 Å². The fourth-order valence-electron chi connectivity index (χ4n) is 0.426. The van der Waals surface area contributed by atoms with Crippen LogP contribution in [0.1, 0.15) is 0 Å². The van der Waals surface area contributed by atoms with Crippen LogP contribution in [0.5, 0.6) is 0 Å². The summed E-state index contributed by atoms with van der Waals surface area (Å²) in [5, 5.41) is 0. The molecule has 9 heavy (non-hydrogen) atoms. The van der Waals surface area contributed by atoms with E-state index in [9.17, 15) is 0 Å². The Morgan fingerprint density at radius 1 is 0.889 bits per heavy atom. The van der Waals surface area contributed by atoms with Crippen molar-refractivity contribution < 1.29 is 0 Å². The standard InChI is InChI=1S/C3H8Cl4Si2/c4-2(5)8-1-9-3(6)7/h2-3H,1,8-9H2. The number of hydrogen-bond donors (Lipinski definition) is 0. The molecular weight excluding hydrogens is 234 g/mol. The van der Waals surface area contributed by atoms with Crippen molar-refractivity contribution >= 4 is 65.4 Å². The van der Waals surface area contributed by atoms with E-state index in [1.54, 1.807) is 0 Å². The summed E-state index contributed by atoms with van der Waals surface area (Å²) in [5.41, 5.74) is 1.16. The lowest BCUT2D eigenvalue weighted by Gasteiger charge is -1.98. The molecule has 0 rings (SSSR count). The van der Waals surface area contributed by atoms with Gasteiger partial charge in [-0.1, -0.05) is 5.67 Å². The Kier molecular flexibility index (Phi) is 7.43. The van der Waals surface area contributed by atoms with Gasteiger partial charge in [-0.15, -0.1) is 46.4 Å². The van der Waals surface area contributed by atoms with Crippen LogP contribution in [0.2, 0.25) is 5.67 Å². The van der Waals surface area contributed by atoms with Crippen molar-refractivity contribution in [1.82, 2.24) is 0 Å². The van der Waals surface area contributed by atoms with Crippen molar-refractivity contribution in [3.8, 4) is 0 Å². The quantitative estimate of drug-likeness (QED) is 0.513. The molecule has 0 fully saturated rings. The van der Waals surface area contributed by atoms with Gasteiger partial charge in [-0.05, 0) is 0 Å². The Bertz CT molecular complexity index is 58.8.